The fraction of sp³-hybridized carbons (Fsp3) is 0.143. The summed E-state index contributed by atoms with van der Waals surface area (Å²) in [6, 6.07) is 11.4. The van der Waals surface area contributed by atoms with Gasteiger partial charge in [0, 0.05) is 27.3 Å². The maximum Gasteiger partial charge on any atom is 0.125 e. The Bertz CT molecular complexity index is 601. The van der Waals surface area contributed by atoms with Gasteiger partial charge in [-0.25, -0.2) is 4.39 Å². The summed E-state index contributed by atoms with van der Waals surface area (Å²) in [5.74, 6) is 0.354. The van der Waals surface area contributed by atoms with Gasteiger partial charge in [-0.05, 0) is 35.4 Å². The first-order valence-electron chi connectivity index (χ1n) is 5.68. The maximum absolute atomic E-state index is 12.9. The molecule has 0 bridgehead atoms. The molecule has 2 aromatic rings. The Balaban J connectivity index is 2.03. The van der Waals surface area contributed by atoms with E-state index in [1.54, 1.807) is 18.2 Å². The fourth-order valence-corrected chi connectivity index (χ4v) is 3.09. The summed E-state index contributed by atoms with van der Waals surface area (Å²) in [4.78, 5) is 0. The largest absolute Gasteiger partial charge is 0.398 e. The molecule has 0 spiro atoms. The van der Waals surface area contributed by atoms with E-state index >= 15 is 0 Å². The van der Waals surface area contributed by atoms with Gasteiger partial charge in [0.25, 0.3) is 0 Å². The minimum Gasteiger partial charge on any atom is -0.398 e. The average molecular weight is 298 g/mol. The number of nitrogen functional groups attached to an aromatic ring is 1. The second-order valence-electron chi connectivity index (χ2n) is 4.20. The van der Waals surface area contributed by atoms with Crippen molar-refractivity contribution in [2.24, 2.45) is 0 Å². The zero-order valence-electron chi connectivity index (χ0n) is 10.1. The molecule has 1 atom stereocenters. The molecule has 0 aliphatic heterocycles. The van der Waals surface area contributed by atoms with Crippen LogP contribution in [0.4, 0.5) is 10.1 Å². The van der Waals surface area contributed by atoms with Crippen molar-refractivity contribution in [3.63, 3.8) is 0 Å². The van der Waals surface area contributed by atoms with Crippen molar-refractivity contribution < 1.29 is 8.60 Å². The first-order valence-corrected chi connectivity index (χ1v) is 7.54. The number of rotatable bonds is 4. The predicted molar refractivity (Wildman–Crippen MR) is 77.8 cm³/mol. The molecule has 0 aliphatic carbocycles. The molecule has 0 radical (unpaired) electrons. The second-order valence-corrected chi connectivity index (χ2v) is 6.09. The molecule has 0 heterocycles. The molecule has 0 aliphatic rings. The lowest BCUT2D eigenvalue weighted by molar-refractivity contribution is 0.628. The van der Waals surface area contributed by atoms with Crippen LogP contribution < -0.4 is 5.73 Å². The van der Waals surface area contributed by atoms with Crippen molar-refractivity contribution in [3.8, 4) is 0 Å². The summed E-state index contributed by atoms with van der Waals surface area (Å²) in [5.41, 5.74) is 7.68. The van der Waals surface area contributed by atoms with Crippen LogP contribution in [0.15, 0.2) is 42.5 Å². The van der Waals surface area contributed by atoms with Gasteiger partial charge < -0.3 is 5.73 Å². The van der Waals surface area contributed by atoms with Crippen LogP contribution in [0.25, 0.3) is 0 Å². The van der Waals surface area contributed by atoms with Crippen LogP contribution in [0, 0.1) is 5.82 Å². The molecule has 0 amide bonds. The lowest BCUT2D eigenvalue weighted by Gasteiger charge is -2.06. The van der Waals surface area contributed by atoms with E-state index in [1.165, 1.54) is 12.1 Å². The molecule has 1 unspecified atom stereocenters. The molecule has 0 fully saturated rings. The van der Waals surface area contributed by atoms with E-state index in [9.17, 15) is 8.60 Å². The Morgan fingerprint density at radius 1 is 1.11 bits per heavy atom. The third-order valence-electron chi connectivity index (χ3n) is 2.67. The minimum absolute atomic E-state index is 0.314. The van der Waals surface area contributed by atoms with E-state index < -0.39 is 10.8 Å². The quantitative estimate of drug-likeness (QED) is 0.878. The predicted octanol–water partition coefficient (Wildman–Crippen LogP) is 3.51. The van der Waals surface area contributed by atoms with Crippen LogP contribution in [-0.2, 0) is 22.3 Å². The zero-order chi connectivity index (χ0) is 13.8. The van der Waals surface area contributed by atoms with E-state index in [2.05, 4.69) is 0 Å². The molecule has 2 N–H and O–H groups in total. The van der Waals surface area contributed by atoms with Crippen LogP contribution in [0.3, 0.4) is 0 Å². The zero-order valence-corrected chi connectivity index (χ0v) is 11.7. The van der Waals surface area contributed by atoms with Crippen molar-refractivity contribution in [2.45, 2.75) is 11.5 Å². The normalized spacial score (nSPS) is 12.3. The molecule has 5 heteroatoms. The van der Waals surface area contributed by atoms with E-state index in [4.69, 9.17) is 17.3 Å². The molecular weight excluding hydrogens is 285 g/mol. The van der Waals surface area contributed by atoms with E-state index in [1.807, 2.05) is 12.1 Å². The van der Waals surface area contributed by atoms with Gasteiger partial charge >= 0.3 is 0 Å². The number of benzene rings is 2. The third-order valence-corrected chi connectivity index (χ3v) is 4.21. The standard InChI is InChI=1S/C14H13ClFNOS/c15-12-4-1-10(2-5-12)8-19(18)9-11-3-6-13(16)7-14(11)17/h1-7H,8-9,17H2. The van der Waals surface area contributed by atoms with Crippen molar-refractivity contribution >= 4 is 28.1 Å². The number of hydrogen-bond donors (Lipinski definition) is 1. The van der Waals surface area contributed by atoms with Gasteiger partial charge in [0.15, 0.2) is 0 Å². The summed E-state index contributed by atoms with van der Waals surface area (Å²) < 4.78 is 24.9. The minimum atomic E-state index is -1.09. The SMILES string of the molecule is Nc1cc(F)ccc1CS(=O)Cc1ccc(Cl)cc1. The van der Waals surface area contributed by atoms with Crippen LogP contribution in [0.5, 0.6) is 0 Å². The Kier molecular flexibility index (Phi) is 4.56. The van der Waals surface area contributed by atoms with Crippen LogP contribution in [-0.4, -0.2) is 4.21 Å². The van der Waals surface area contributed by atoms with Gasteiger partial charge in [-0.1, -0.05) is 29.8 Å². The summed E-state index contributed by atoms with van der Waals surface area (Å²) >= 11 is 5.79. The Morgan fingerprint density at radius 2 is 1.79 bits per heavy atom. The molecular formula is C14H13ClFNOS. The Labute approximate surface area is 118 Å². The highest BCUT2D eigenvalue weighted by molar-refractivity contribution is 7.83. The number of anilines is 1. The highest BCUT2D eigenvalue weighted by Gasteiger charge is 2.07. The first kappa shape index (κ1) is 14.0. The summed E-state index contributed by atoms with van der Waals surface area (Å²) in [7, 11) is -1.09. The summed E-state index contributed by atoms with van der Waals surface area (Å²) in [6.07, 6.45) is 0. The van der Waals surface area contributed by atoms with Crippen molar-refractivity contribution in [1.29, 1.82) is 0 Å². The summed E-state index contributed by atoms with van der Waals surface area (Å²) in [5, 5.41) is 0.650. The highest BCUT2D eigenvalue weighted by Crippen LogP contribution is 2.17. The molecule has 0 aromatic heterocycles. The molecule has 0 saturated heterocycles. The molecule has 19 heavy (non-hydrogen) atoms. The van der Waals surface area contributed by atoms with E-state index in [0.717, 1.165) is 5.56 Å². The Hall–Kier alpha value is -1.39. The molecule has 2 nitrogen and oxygen atoms in total. The summed E-state index contributed by atoms with van der Waals surface area (Å²) in [6.45, 7) is 0. The lowest BCUT2D eigenvalue weighted by atomic mass is 10.2. The van der Waals surface area contributed by atoms with Crippen molar-refractivity contribution in [1.82, 2.24) is 0 Å². The third kappa shape index (κ3) is 4.04. The number of hydrogen-bond acceptors (Lipinski definition) is 2. The van der Waals surface area contributed by atoms with Crippen molar-refractivity contribution in [3.05, 3.63) is 64.4 Å². The van der Waals surface area contributed by atoms with Gasteiger partial charge in [0.1, 0.15) is 5.82 Å². The monoisotopic (exact) mass is 297 g/mol. The fourth-order valence-electron chi connectivity index (χ4n) is 1.69. The van der Waals surface area contributed by atoms with Crippen LogP contribution >= 0.6 is 11.6 Å². The smallest absolute Gasteiger partial charge is 0.125 e. The van der Waals surface area contributed by atoms with Gasteiger partial charge in [-0.2, -0.15) is 0 Å². The number of nitrogens with two attached hydrogens (primary N) is 1. The van der Waals surface area contributed by atoms with Crippen LogP contribution in [0.2, 0.25) is 5.02 Å². The molecule has 0 saturated carbocycles. The van der Waals surface area contributed by atoms with E-state index in [-0.39, 0.29) is 5.82 Å². The second kappa shape index (κ2) is 6.17. The molecule has 2 rings (SSSR count). The van der Waals surface area contributed by atoms with Crippen molar-refractivity contribution in [2.75, 3.05) is 5.73 Å². The topological polar surface area (TPSA) is 43.1 Å². The molecule has 100 valence electrons. The van der Waals surface area contributed by atoms with Gasteiger partial charge in [-0.15, -0.1) is 0 Å². The van der Waals surface area contributed by atoms with Gasteiger partial charge in [0.2, 0.25) is 0 Å². The van der Waals surface area contributed by atoms with Gasteiger partial charge in [-0.3, -0.25) is 4.21 Å². The number of halogens is 2. The van der Waals surface area contributed by atoms with E-state index in [0.29, 0.717) is 27.8 Å². The first-order chi connectivity index (χ1) is 9.04. The average Bonchev–Trinajstić information content (AvgIpc) is 2.36. The Morgan fingerprint density at radius 3 is 2.42 bits per heavy atom. The van der Waals surface area contributed by atoms with Gasteiger partial charge in [0.05, 0.1) is 5.75 Å². The lowest BCUT2D eigenvalue weighted by Crippen LogP contribution is -2.02. The highest BCUT2D eigenvalue weighted by atomic mass is 35.5. The molecule has 2 aromatic carbocycles. The van der Waals surface area contributed by atoms with Crippen LogP contribution in [0.1, 0.15) is 11.1 Å². The maximum atomic E-state index is 12.9.